The quantitative estimate of drug-likeness (QED) is 0.847. The van der Waals surface area contributed by atoms with Crippen molar-refractivity contribution >= 4 is 5.91 Å². The Morgan fingerprint density at radius 2 is 1.88 bits per heavy atom. The maximum atomic E-state index is 11.9. The van der Waals surface area contributed by atoms with Gasteiger partial charge in [0.05, 0.1) is 6.04 Å². The third-order valence-corrected chi connectivity index (χ3v) is 3.38. The van der Waals surface area contributed by atoms with Crippen LogP contribution in [0, 0.1) is 6.92 Å². The fourth-order valence-electron chi connectivity index (χ4n) is 2.56. The molecule has 17 heavy (non-hydrogen) atoms. The first-order valence-electron chi connectivity index (χ1n) is 6.14. The molecule has 3 heteroatoms. The smallest absolute Gasteiger partial charge is 0.225 e. The monoisotopic (exact) mass is 232 g/mol. The second-order valence-electron chi connectivity index (χ2n) is 5.12. The van der Waals surface area contributed by atoms with Gasteiger partial charge in [-0.05, 0) is 26.3 Å². The third-order valence-electron chi connectivity index (χ3n) is 3.38. The summed E-state index contributed by atoms with van der Waals surface area (Å²) in [4.78, 5) is 13.8. The Balaban J connectivity index is 2.34. The van der Waals surface area contributed by atoms with Crippen molar-refractivity contribution in [2.75, 3.05) is 0 Å². The summed E-state index contributed by atoms with van der Waals surface area (Å²) in [5, 5.41) is 0. The third kappa shape index (κ3) is 2.20. The van der Waals surface area contributed by atoms with Crippen LogP contribution in [0.15, 0.2) is 24.3 Å². The molecule has 92 valence electrons. The molecule has 0 radical (unpaired) electrons. The van der Waals surface area contributed by atoms with Gasteiger partial charge in [0, 0.05) is 18.5 Å². The zero-order valence-corrected chi connectivity index (χ0v) is 10.7. The largest absolute Gasteiger partial charge is 0.332 e. The molecule has 0 unspecified atom stereocenters. The van der Waals surface area contributed by atoms with Gasteiger partial charge in [0.25, 0.3) is 0 Å². The summed E-state index contributed by atoms with van der Waals surface area (Å²) in [6.07, 6.45) is 0.455. The predicted molar refractivity (Wildman–Crippen MR) is 68.5 cm³/mol. The highest BCUT2D eigenvalue weighted by Crippen LogP contribution is 2.33. The molecule has 1 aromatic rings. The number of carbonyl (C=O) groups excluding carboxylic acids is 1. The van der Waals surface area contributed by atoms with Crippen molar-refractivity contribution in [3.63, 3.8) is 0 Å². The van der Waals surface area contributed by atoms with Gasteiger partial charge in [-0.2, -0.15) is 0 Å². The first-order chi connectivity index (χ1) is 8.00. The molecule has 0 bridgehead atoms. The van der Waals surface area contributed by atoms with Crippen molar-refractivity contribution < 1.29 is 4.79 Å². The minimum atomic E-state index is -0.0902. The van der Waals surface area contributed by atoms with Gasteiger partial charge in [0.1, 0.15) is 0 Å². The maximum absolute atomic E-state index is 11.9. The fraction of sp³-hybridized carbons (Fsp3) is 0.500. The highest BCUT2D eigenvalue weighted by atomic mass is 16.2. The summed E-state index contributed by atoms with van der Waals surface area (Å²) >= 11 is 0. The predicted octanol–water partition coefficient (Wildman–Crippen LogP) is 2.00. The molecular formula is C14H20N2O. The number of likely N-dealkylation sites (tertiary alicyclic amines) is 1. The van der Waals surface area contributed by atoms with Crippen molar-refractivity contribution in [1.29, 1.82) is 0 Å². The van der Waals surface area contributed by atoms with E-state index >= 15 is 0 Å². The van der Waals surface area contributed by atoms with Gasteiger partial charge >= 0.3 is 0 Å². The normalized spacial score (nSPS) is 24.8. The SMILES string of the molecule is Cc1ccc([C@H]2[C@H](N)CC(=O)N2C(C)C)cc1. The lowest BCUT2D eigenvalue weighted by atomic mass is 9.99. The Labute approximate surface area is 103 Å². The summed E-state index contributed by atoms with van der Waals surface area (Å²) in [6, 6.07) is 8.44. The zero-order valence-electron chi connectivity index (χ0n) is 10.7. The van der Waals surface area contributed by atoms with Crippen LogP contribution in [0.4, 0.5) is 0 Å². The molecule has 3 nitrogen and oxygen atoms in total. The summed E-state index contributed by atoms with van der Waals surface area (Å²) in [5.74, 6) is 0.165. The van der Waals surface area contributed by atoms with Gasteiger partial charge in [-0.3, -0.25) is 4.79 Å². The molecule has 1 amide bonds. The highest BCUT2D eigenvalue weighted by molar-refractivity contribution is 5.80. The minimum absolute atomic E-state index is 0.0306. The van der Waals surface area contributed by atoms with Crippen molar-refractivity contribution in [3.8, 4) is 0 Å². The number of benzene rings is 1. The molecule has 2 N–H and O–H groups in total. The van der Waals surface area contributed by atoms with E-state index in [-0.39, 0.29) is 24.0 Å². The summed E-state index contributed by atoms with van der Waals surface area (Å²) in [6.45, 7) is 6.14. The minimum Gasteiger partial charge on any atom is -0.332 e. The van der Waals surface area contributed by atoms with Gasteiger partial charge in [0.15, 0.2) is 0 Å². The van der Waals surface area contributed by atoms with E-state index in [4.69, 9.17) is 5.73 Å². The van der Waals surface area contributed by atoms with Crippen LogP contribution in [0.25, 0.3) is 0 Å². The standard InChI is InChI=1S/C14H20N2O/c1-9(2)16-13(17)8-12(15)14(16)11-6-4-10(3)5-7-11/h4-7,9,12,14H,8,15H2,1-3H3/t12-,14+/m1/s1. The van der Waals surface area contributed by atoms with Crippen LogP contribution in [0.3, 0.4) is 0 Å². The lowest BCUT2D eigenvalue weighted by Gasteiger charge is -2.30. The fourth-order valence-corrected chi connectivity index (χ4v) is 2.56. The first-order valence-corrected chi connectivity index (χ1v) is 6.14. The molecule has 1 aliphatic heterocycles. The van der Waals surface area contributed by atoms with Crippen LogP contribution >= 0.6 is 0 Å². The number of hydrogen-bond acceptors (Lipinski definition) is 2. The molecular weight excluding hydrogens is 212 g/mol. The Morgan fingerprint density at radius 3 is 2.41 bits per heavy atom. The summed E-state index contributed by atoms with van der Waals surface area (Å²) < 4.78 is 0. The molecule has 0 aliphatic carbocycles. The molecule has 0 aromatic heterocycles. The summed E-state index contributed by atoms with van der Waals surface area (Å²) in [5.41, 5.74) is 8.47. The van der Waals surface area contributed by atoms with Crippen LogP contribution in [-0.4, -0.2) is 22.9 Å². The Morgan fingerprint density at radius 1 is 1.29 bits per heavy atom. The van der Waals surface area contributed by atoms with Crippen LogP contribution in [-0.2, 0) is 4.79 Å². The zero-order chi connectivity index (χ0) is 12.6. The van der Waals surface area contributed by atoms with Crippen LogP contribution < -0.4 is 5.73 Å². The molecule has 0 spiro atoms. The number of carbonyl (C=O) groups is 1. The number of rotatable bonds is 2. The average molecular weight is 232 g/mol. The number of nitrogens with two attached hydrogens (primary N) is 1. The molecule has 1 aliphatic rings. The number of amides is 1. The van der Waals surface area contributed by atoms with Crippen molar-refractivity contribution in [3.05, 3.63) is 35.4 Å². The lowest BCUT2D eigenvalue weighted by Crippen LogP contribution is -2.37. The van der Waals surface area contributed by atoms with E-state index in [9.17, 15) is 4.79 Å². The van der Waals surface area contributed by atoms with Gasteiger partial charge in [0.2, 0.25) is 5.91 Å². The lowest BCUT2D eigenvalue weighted by molar-refractivity contribution is -0.130. The number of aryl methyl sites for hydroxylation is 1. The Bertz CT molecular complexity index is 411. The van der Waals surface area contributed by atoms with Crippen molar-refractivity contribution in [1.82, 2.24) is 4.90 Å². The molecule has 1 fully saturated rings. The molecule has 0 saturated carbocycles. The summed E-state index contributed by atoms with van der Waals surface area (Å²) in [7, 11) is 0. The Kier molecular flexibility index (Phi) is 3.20. The number of nitrogens with zero attached hydrogens (tertiary/aromatic N) is 1. The van der Waals surface area contributed by atoms with E-state index in [0.29, 0.717) is 6.42 Å². The molecule has 2 rings (SSSR count). The van der Waals surface area contributed by atoms with Crippen LogP contribution in [0.5, 0.6) is 0 Å². The van der Waals surface area contributed by atoms with Crippen molar-refractivity contribution in [2.24, 2.45) is 5.73 Å². The second kappa shape index (κ2) is 4.49. The Hall–Kier alpha value is -1.35. The number of hydrogen-bond donors (Lipinski definition) is 1. The van der Waals surface area contributed by atoms with Crippen LogP contribution in [0.1, 0.15) is 37.4 Å². The van der Waals surface area contributed by atoms with E-state index in [1.807, 2.05) is 18.7 Å². The maximum Gasteiger partial charge on any atom is 0.225 e. The van der Waals surface area contributed by atoms with E-state index in [0.717, 1.165) is 5.56 Å². The molecule has 1 saturated heterocycles. The van der Waals surface area contributed by atoms with Gasteiger partial charge in [-0.25, -0.2) is 0 Å². The van der Waals surface area contributed by atoms with Crippen LogP contribution in [0.2, 0.25) is 0 Å². The first kappa shape index (κ1) is 12.1. The van der Waals surface area contributed by atoms with Crippen molar-refractivity contribution in [2.45, 2.75) is 45.3 Å². The van der Waals surface area contributed by atoms with Gasteiger partial charge < -0.3 is 10.6 Å². The topological polar surface area (TPSA) is 46.3 Å². The van der Waals surface area contributed by atoms with E-state index in [1.54, 1.807) is 0 Å². The van der Waals surface area contributed by atoms with E-state index < -0.39 is 0 Å². The van der Waals surface area contributed by atoms with E-state index in [1.165, 1.54) is 5.56 Å². The average Bonchev–Trinajstić information content (AvgIpc) is 2.55. The molecule has 1 heterocycles. The van der Waals surface area contributed by atoms with E-state index in [2.05, 4.69) is 31.2 Å². The highest BCUT2D eigenvalue weighted by Gasteiger charge is 2.39. The van der Waals surface area contributed by atoms with Gasteiger partial charge in [-0.1, -0.05) is 29.8 Å². The molecule has 2 atom stereocenters. The second-order valence-corrected chi connectivity index (χ2v) is 5.12. The molecule has 1 aromatic carbocycles. The van der Waals surface area contributed by atoms with Gasteiger partial charge in [-0.15, -0.1) is 0 Å².